The van der Waals surface area contributed by atoms with E-state index >= 15 is 0 Å². The molecule has 0 aliphatic carbocycles. The van der Waals surface area contributed by atoms with Gasteiger partial charge in [0.05, 0.1) is 54.8 Å². The van der Waals surface area contributed by atoms with Gasteiger partial charge in [-0.1, -0.05) is 6.07 Å². The zero-order chi connectivity index (χ0) is 25.9. The summed E-state index contributed by atoms with van der Waals surface area (Å²) < 4.78 is 13.9. The standard InChI is InChI=1S/C26H29N7O4/c1-31-10-9-18(30-31)17-5-4-6-19(27-17)26(35)29-21-15-22-20(16-23(21)33-11-13-37-14-12-33)28-24(32(22)2)7-8-25(34)36-3/h4-6,9-10,15-16H,7-8,11-14H2,1-3H3,(H,29,35). The van der Waals surface area contributed by atoms with E-state index in [0.29, 0.717) is 55.5 Å². The highest BCUT2D eigenvalue weighted by molar-refractivity contribution is 6.06. The van der Waals surface area contributed by atoms with Gasteiger partial charge in [0.1, 0.15) is 17.2 Å². The molecule has 0 unspecified atom stereocenters. The third-order valence-corrected chi connectivity index (χ3v) is 6.43. The number of rotatable bonds is 7. The summed E-state index contributed by atoms with van der Waals surface area (Å²) in [7, 11) is 5.12. The second-order valence-corrected chi connectivity index (χ2v) is 8.86. The number of hydrogen-bond acceptors (Lipinski definition) is 8. The largest absolute Gasteiger partial charge is 0.469 e. The Labute approximate surface area is 214 Å². The minimum absolute atomic E-state index is 0.242. The van der Waals surface area contributed by atoms with Gasteiger partial charge in [-0.05, 0) is 30.3 Å². The molecule has 0 spiro atoms. The Kier molecular flexibility index (Phi) is 6.87. The van der Waals surface area contributed by atoms with Gasteiger partial charge in [-0.15, -0.1) is 0 Å². The summed E-state index contributed by atoms with van der Waals surface area (Å²) in [4.78, 5) is 36.5. The number of aryl methyl sites for hydroxylation is 3. The number of carbonyl (C=O) groups excluding carboxylic acids is 2. The molecule has 5 rings (SSSR count). The molecule has 0 atom stereocenters. The number of imidazole rings is 1. The van der Waals surface area contributed by atoms with Crippen LogP contribution in [-0.4, -0.2) is 69.6 Å². The lowest BCUT2D eigenvalue weighted by molar-refractivity contribution is -0.140. The van der Waals surface area contributed by atoms with E-state index in [2.05, 4.69) is 20.3 Å². The fourth-order valence-corrected chi connectivity index (χ4v) is 4.42. The third kappa shape index (κ3) is 5.17. The van der Waals surface area contributed by atoms with E-state index in [1.165, 1.54) is 7.11 Å². The fourth-order valence-electron chi connectivity index (χ4n) is 4.42. The number of benzene rings is 1. The van der Waals surface area contributed by atoms with Crippen molar-refractivity contribution in [2.24, 2.45) is 14.1 Å². The molecule has 37 heavy (non-hydrogen) atoms. The molecule has 11 heteroatoms. The monoisotopic (exact) mass is 503 g/mol. The van der Waals surface area contributed by atoms with Crippen molar-refractivity contribution in [3.63, 3.8) is 0 Å². The van der Waals surface area contributed by atoms with E-state index in [1.807, 2.05) is 49.1 Å². The van der Waals surface area contributed by atoms with Gasteiger partial charge in [-0.3, -0.25) is 14.3 Å². The summed E-state index contributed by atoms with van der Waals surface area (Å²) in [5, 5.41) is 7.45. The van der Waals surface area contributed by atoms with Crippen LogP contribution in [0.2, 0.25) is 0 Å². The van der Waals surface area contributed by atoms with Crippen molar-refractivity contribution in [1.29, 1.82) is 0 Å². The first-order valence-corrected chi connectivity index (χ1v) is 12.1. The Balaban J connectivity index is 1.49. The second kappa shape index (κ2) is 10.4. The van der Waals surface area contributed by atoms with Gasteiger partial charge in [0.15, 0.2) is 0 Å². The number of pyridine rings is 1. The smallest absolute Gasteiger partial charge is 0.305 e. The number of esters is 1. The molecule has 11 nitrogen and oxygen atoms in total. The molecule has 0 saturated carbocycles. The lowest BCUT2D eigenvalue weighted by Gasteiger charge is -2.30. The van der Waals surface area contributed by atoms with E-state index in [4.69, 9.17) is 14.5 Å². The summed E-state index contributed by atoms with van der Waals surface area (Å²) in [6.45, 7) is 2.60. The Hall–Kier alpha value is -4.25. The number of anilines is 2. The number of hydrogen-bond donors (Lipinski definition) is 1. The first kappa shape index (κ1) is 24.4. The Morgan fingerprint density at radius 1 is 1.08 bits per heavy atom. The number of aromatic nitrogens is 5. The number of ether oxygens (including phenoxy) is 2. The molecule has 0 bridgehead atoms. The molecule has 4 aromatic rings. The number of nitrogens with one attached hydrogen (secondary N) is 1. The zero-order valence-electron chi connectivity index (χ0n) is 21.1. The minimum atomic E-state index is -0.320. The van der Waals surface area contributed by atoms with Crippen LogP contribution in [0.15, 0.2) is 42.6 Å². The van der Waals surface area contributed by atoms with Crippen molar-refractivity contribution < 1.29 is 19.1 Å². The van der Waals surface area contributed by atoms with E-state index in [-0.39, 0.29) is 18.3 Å². The normalized spacial score (nSPS) is 13.6. The Morgan fingerprint density at radius 2 is 1.89 bits per heavy atom. The number of fused-ring (bicyclic) bond motifs is 1. The van der Waals surface area contributed by atoms with Crippen molar-refractivity contribution in [2.75, 3.05) is 43.6 Å². The van der Waals surface area contributed by atoms with Crippen LogP contribution >= 0.6 is 0 Å². The number of morpholine rings is 1. The molecule has 1 aromatic carbocycles. The number of nitrogens with zero attached hydrogens (tertiary/aromatic N) is 6. The summed E-state index contributed by atoms with van der Waals surface area (Å²) in [6.07, 6.45) is 2.53. The molecule has 3 aromatic heterocycles. The van der Waals surface area contributed by atoms with Crippen molar-refractivity contribution in [1.82, 2.24) is 24.3 Å². The van der Waals surface area contributed by atoms with Crippen LogP contribution in [0.25, 0.3) is 22.4 Å². The molecule has 1 N–H and O–H groups in total. The maximum Gasteiger partial charge on any atom is 0.305 e. The van der Waals surface area contributed by atoms with Crippen LogP contribution in [0.3, 0.4) is 0 Å². The summed E-state index contributed by atoms with van der Waals surface area (Å²) in [5.74, 6) is 0.163. The minimum Gasteiger partial charge on any atom is -0.469 e. The molecule has 1 amide bonds. The maximum atomic E-state index is 13.4. The Bertz CT molecular complexity index is 1450. The van der Waals surface area contributed by atoms with Gasteiger partial charge in [-0.25, -0.2) is 9.97 Å². The molecular weight excluding hydrogens is 474 g/mol. The van der Waals surface area contributed by atoms with Crippen LogP contribution in [0, 0.1) is 0 Å². The van der Waals surface area contributed by atoms with E-state index < -0.39 is 0 Å². The lowest BCUT2D eigenvalue weighted by Crippen LogP contribution is -2.36. The SMILES string of the molecule is COC(=O)CCc1nc2cc(N3CCOCC3)c(NC(=O)c3cccc(-c4ccn(C)n4)n3)cc2n1C. The van der Waals surface area contributed by atoms with Crippen LogP contribution in [0.4, 0.5) is 11.4 Å². The maximum absolute atomic E-state index is 13.4. The van der Waals surface area contributed by atoms with Crippen molar-refractivity contribution in [2.45, 2.75) is 12.8 Å². The van der Waals surface area contributed by atoms with Crippen molar-refractivity contribution >= 4 is 34.3 Å². The van der Waals surface area contributed by atoms with Gasteiger partial charge in [0, 0.05) is 39.8 Å². The number of amides is 1. The molecule has 192 valence electrons. The number of methoxy groups -OCH3 is 1. The average Bonchev–Trinajstić information content (AvgIpc) is 3.50. The molecule has 1 fully saturated rings. The summed E-state index contributed by atoms with van der Waals surface area (Å²) in [6, 6.07) is 11.1. The van der Waals surface area contributed by atoms with E-state index in [9.17, 15) is 9.59 Å². The predicted molar refractivity (Wildman–Crippen MR) is 138 cm³/mol. The highest BCUT2D eigenvalue weighted by Gasteiger charge is 2.21. The van der Waals surface area contributed by atoms with Crippen molar-refractivity contribution in [3.8, 4) is 11.4 Å². The highest BCUT2D eigenvalue weighted by Crippen LogP contribution is 2.33. The zero-order valence-corrected chi connectivity index (χ0v) is 21.1. The molecule has 4 heterocycles. The molecular formula is C26H29N7O4. The van der Waals surface area contributed by atoms with Gasteiger partial charge < -0.3 is 24.3 Å². The third-order valence-electron chi connectivity index (χ3n) is 6.43. The van der Waals surface area contributed by atoms with Crippen LogP contribution in [0.1, 0.15) is 22.7 Å². The van der Waals surface area contributed by atoms with Gasteiger partial charge in [0.2, 0.25) is 0 Å². The van der Waals surface area contributed by atoms with Gasteiger partial charge >= 0.3 is 5.97 Å². The first-order valence-electron chi connectivity index (χ1n) is 12.1. The van der Waals surface area contributed by atoms with Gasteiger partial charge in [-0.2, -0.15) is 5.10 Å². The van der Waals surface area contributed by atoms with Gasteiger partial charge in [0.25, 0.3) is 5.91 Å². The topological polar surface area (TPSA) is 116 Å². The quantitative estimate of drug-likeness (QED) is 0.383. The van der Waals surface area contributed by atoms with E-state index in [0.717, 1.165) is 22.5 Å². The molecule has 1 saturated heterocycles. The molecule has 0 radical (unpaired) electrons. The predicted octanol–water partition coefficient (Wildman–Crippen LogP) is 2.56. The van der Waals surface area contributed by atoms with Crippen LogP contribution in [-0.2, 0) is 34.8 Å². The summed E-state index contributed by atoms with van der Waals surface area (Å²) in [5.41, 5.74) is 4.77. The van der Waals surface area contributed by atoms with E-state index in [1.54, 1.807) is 16.8 Å². The van der Waals surface area contributed by atoms with Crippen LogP contribution in [0.5, 0.6) is 0 Å². The summed E-state index contributed by atoms with van der Waals surface area (Å²) >= 11 is 0. The lowest BCUT2D eigenvalue weighted by atomic mass is 10.2. The number of carbonyl (C=O) groups is 2. The second-order valence-electron chi connectivity index (χ2n) is 8.86. The van der Waals surface area contributed by atoms with Crippen LogP contribution < -0.4 is 10.2 Å². The molecule has 1 aliphatic rings. The Morgan fingerprint density at radius 3 is 2.62 bits per heavy atom. The molecule has 1 aliphatic heterocycles. The fraction of sp³-hybridized carbons (Fsp3) is 0.346. The highest BCUT2D eigenvalue weighted by atomic mass is 16.5. The first-order chi connectivity index (χ1) is 17.9. The van der Waals surface area contributed by atoms with Crippen molar-refractivity contribution in [3.05, 3.63) is 54.1 Å². The average molecular weight is 504 g/mol.